The van der Waals surface area contributed by atoms with Crippen LogP contribution >= 0.6 is 0 Å². The van der Waals surface area contributed by atoms with Crippen molar-refractivity contribution in [2.45, 2.75) is 26.2 Å². The summed E-state index contributed by atoms with van der Waals surface area (Å²) in [5.41, 5.74) is 2.61. The fraction of sp³-hybridized carbons (Fsp3) is 0.727. The Hall–Kier alpha value is -0.830. The molecular formula is C11H19N3. The highest BCUT2D eigenvalue weighted by Gasteiger charge is 2.15. The first-order valence-electron chi connectivity index (χ1n) is 5.45. The van der Waals surface area contributed by atoms with E-state index >= 15 is 0 Å². The molecule has 3 nitrogen and oxygen atoms in total. The Morgan fingerprint density at radius 1 is 1.64 bits per heavy atom. The fourth-order valence-corrected chi connectivity index (χ4v) is 2.23. The molecule has 0 spiro atoms. The maximum Gasteiger partial charge on any atom is 0.0656 e. The molecule has 0 aliphatic carbocycles. The molecule has 1 aliphatic rings. The molecule has 1 aromatic heterocycles. The van der Waals surface area contributed by atoms with Crippen molar-refractivity contribution in [3.8, 4) is 0 Å². The monoisotopic (exact) mass is 193 g/mol. The van der Waals surface area contributed by atoms with E-state index in [2.05, 4.69) is 23.5 Å². The smallest absolute Gasteiger partial charge is 0.0656 e. The van der Waals surface area contributed by atoms with Gasteiger partial charge in [0.05, 0.1) is 5.69 Å². The average Bonchev–Trinajstić information content (AvgIpc) is 2.47. The highest BCUT2D eigenvalue weighted by Crippen LogP contribution is 2.17. The number of rotatable bonds is 2. The van der Waals surface area contributed by atoms with Crippen LogP contribution in [-0.4, -0.2) is 22.9 Å². The van der Waals surface area contributed by atoms with Gasteiger partial charge >= 0.3 is 0 Å². The number of aryl methyl sites for hydroxylation is 2. The minimum absolute atomic E-state index is 0.789. The minimum atomic E-state index is 0.789. The van der Waals surface area contributed by atoms with Crippen LogP contribution < -0.4 is 5.32 Å². The summed E-state index contributed by atoms with van der Waals surface area (Å²) in [6.07, 6.45) is 5.91. The molecular weight excluding hydrogens is 174 g/mol. The van der Waals surface area contributed by atoms with Gasteiger partial charge in [-0.25, -0.2) is 0 Å². The maximum absolute atomic E-state index is 4.49. The Morgan fingerprint density at radius 3 is 3.07 bits per heavy atom. The van der Waals surface area contributed by atoms with Crippen LogP contribution in [0.15, 0.2) is 6.20 Å². The molecule has 0 amide bonds. The Balaban J connectivity index is 1.98. The quantitative estimate of drug-likeness (QED) is 0.766. The van der Waals surface area contributed by atoms with E-state index in [4.69, 9.17) is 0 Å². The second-order valence-corrected chi connectivity index (χ2v) is 4.35. The Morgan fingerprint density at radius 2 is 2.50 bits per heavy atom. The molecule has 0 radical (unpaired) electrons. The van der Waals surface area contributed by atoms with Crippen molar-refractivity contribution in [3.63, 3.8) is 0 Å². The number of aromatic nitrogens is 2. The van der Waals surface area contributed by atoms with Gasteiger partial charge in [0.15, 0.2) is 0 Å². The summed E-state index contributed by atoms with van der Waals surface area (Å²) in [6, 6.07) is 0. The van der Waals surface area contributed by atoms with Gasteiger partial charge in [-0.05, 0) is 50.8 Å². The highest BCUT2D eigenvalue weighted by atomic mass is 15.2. The first kappa shape index (κ1) is 9.71. The minimum Gasteiger partial charge on any atom is -0.316 e. The van der Waals surface area contributed by atoms with E-state index in [9.17, 15) is 0 Å². The van der Waals surface area contributed by atoms with Crippen molar-refractivity contribution < 1.29 is 0 Å². The van der Waals surface area contributed by atoms with Crippen LogP contribution in [0.1, 0.15) is 24.1 Å². The Bertz CT molecular complexity index is 297. The number of hydrogen-bond donors (Lipinski definition) is 1. The van der Waals surface area contributed by atoms with E-state index in [1.807, 2.05) is 11.7 Å². The van der Waals surface area contributed by atoms with Crippen LogP contribution in [0.4, 0.5) is 0 Å². The molecule has 2 rings (SSSR count). The van der Waals surface area contributed by atoms with E-state index in [0.29, 0.717) is 0 Å². The van der Waals surface area contributed by atoms with Gasteiger partial charge in [-0.3, -0.25) is 4.68 Å². The van der Waals surface area contributed by atoms with Crippen LogP contribution in [0.2, 0.25) is 0 Å². The van der Waals surface area contributed by atoms with Crippen molar-refractivity contribution in [2.75, 3.05) is 13.1 Å². The second-order valence-electron chi connectivity index (χ2n) is 4.35. The molecule has 78 valence electrons. The molecule has 14 heavy (non-hydrogen) atoms. The first-order valence-corrected chi connectivity index (χ1v) is 5.45. The zero-order valence-corrected chi connectivity index (χ0v) is 9.08. The van der Waals surface area contributed by atoms with Gasteiger partial charge in [0, 0.05) is 13.2 Å². The molecule has 0 aromatic carbocycles. The van der Waals surface area contributed by atoms with Gasteiger partial charge < -0.3 is 5.32 Å². The zero-order valence-electron chi connectivity index (χ0n) is 9.08. The fourth-order valence-electron chi connectivity index (χ4n) is 2.23. The summed E-state index contributed by atoms with van der Waals surface area (Å²) in [6.45, 7) is 4.51. The van der Waals surface area contributed by atoms with E-state index in [1.165, 1.54) is 30.6 Å². The summed E-state index contributed by atoms with van der Waals surface area (Å²) in [4.78, 5) is 0. The standard InChI is InChI=1S/C11H19N3/c1-9-8-14(2)13-11(9)6-10-4-3-5-12-7-10/h8,10,12H,3-7H2,1-2H3. The SMILES string of the molecule is Cc1cn(C)nc1CC1CCCNC1. The predicted octanol–water partition coefficient (Wildman–Crippen LogP) is 1.27. The largest absolute Gasteiger partial charge is 0.316 e. The van der Waals surface area contributed by atoms with Gasteiger partial charge in [-0.1, -0.05) is 0 Å². The summed E-state index contributed by atoms with van der Waals surface area (Å²) in [5, 5.41) is 7.94. The molecule has 1 unspecified atom stereocenters. The molecule has 1 aliphatic heterocycles. The third-order valence-electron chi connectivity index (χ3n) is 3.00. The molecule has 1 aromatic rings. The van der Waals surface area contributed by atoms with E-state index in [1.54, 1.807) is 0 Å². The van der Waals surface area contributed by atoms with Crippen molar-refractivity contribution >= 4 is 0 Å². The third-order valence-corrected chi connectivity index (χ3v) is 3.00. The molecule has 1 saturated heterocycles. The molecule has 1 atom stereocenters. The topological polar surface area (TPSA) is 29.9 Å². The lowest BCUT2D eigenvalue weighted by Gasteiger charge is -2.21. The van der Waals surface area contributed by atoms with Crippen molar-refractivity contribution in [2.24, 2.45) is 13.0 Å². The number of nitrogens with zero attached hydrogens (tertiary/aromatic N) is 2. The summed E-state index contributed by atoms with van der Waals surface area (Å²) < 4.78 is 1.92. The second kappa shape index (κ2) is 4.13. The molecule has 1 N–H and O–H groups in total. The normalized spacial score (nSPS) is 22.6. The average molecular weight is 193 g/mol. The Kier molecular flexibility index (Phi) is 2.87. The predicted molar refractivity (Wildman–Crippen MR) is 57.2 cm³/mol. The summed E-state index contributed by atoms with van der Waals surface area (Å²) in [7, 11) is 2.00. The zero-order chi connectivity index (χ0) is 9.97. The molecule has 1 fully saturated rings. The van der Waals surface area contributed by atoms with Gasteiger partial charge in [0.2, 0.25) is 0 Å². The van der Waals surface area contributed by atoms with Crippen molar-refractivity contribution in [3.05, 3.63) is 17.5 Å². The molecule has 0 saturated carbocycles. The van der Waals surface area contributed by atoms with Gasteiger partial charge in [-0.2, -0.15) is 5.10 Å². The number of nitrogens with one attached hydrogen (secondary N) is 1. The van der Waals surface area contributed by atoms with Crippen LogP contribution in [-0.2, 0) is 13.5 Å². The number of piperidine rings is 1. The van der Waals surface area contributed by atoms with Crippen LogP contribution in [0, 0.1) is 12.8 Å². The molecule has 3 heteroatoms. The Labute approximate surface area is 85.5 Å². The van der Waals surface area contributed by atoms with Crippen molar-refractivity contribution in [1.82, 2.24) is 15.1 Å². The van der Waals surface area contributed by atoms with Crippen LogP contribution in [0.3, 0.4) is 0 Å². The van der Waals surface area contributed by atoms with Gasteiger partial charge in [-0.15, -0.1) is 0 Å². The van der Waals surface area contributed by atoms with Gasteiger partial charge in [0.1, 0.15) is 0 Å². The van der Waals surface area contributed by atoms with Crippen LogP contribution in [0.25, 0.3) is 0 Å². The van der Waals surface area contributed by atoms with E-state index < -0.39 is 0 Å². The lowest BCUT2D eigenvalue weighted by atomic mass is 9.94. The summed E-state index contributed by atoms with van der Waals surface area (Å²) in [5.74, 6) is 0.789. The molecule has 2 heterocycles. The lowest BCUT2D eigenvalue weighted by Crippen LogP contribution is -2.31. The summed E-state index contributed by atoms with van der Waals surface area (Å²) >= 11 is 0. The third kappa shape index (κ3) is 2.15. The lowest BCUT2D eigenvalue weighted by molar-refractivity contribution is 0.372. The first-order chi connectivity index (χ1) is 6.75. The number of hydrogen-bond acceptors (Lipinski definition) is 2. The van der Waals surface area contributed by atoms with E-state index in [-0.39, 0.29) is 0 Å². The van der Waals surface area contributed by atoms with Crippen molar-refractivity contribution in [1.29, 1.82) is 0 Å². The highest BCUT2D eigenvalue weighted by molar-refractivity contribution is 5.15. The maximum atomic E-state index is 4.49. The molecule has 0 bridgehead atoms. The van der Waals surface area contributed by atoms with Gasteiger partial charge in [0.25, 0.3) is 0 Å². The van der Waals surface area contributed by atoms with E-state index in [0.717, 1.165) is 18.9 Å². The van der Waals surface area contributed by atoms with Crippen LogP contribution in [0.5, 0.6) is 0 Å².